The maximum absolute atomic E-state index is 13.0. The van der Waals surface area contributed by atoms with Crippen LogP contribution in [0.1, 0.15) is 57.1 Å². The predicted molar refractivity (Wildman–Crippen MR) is 109 cm³/mol. The lowest BCUT2D eigenvalue weighted by molar-refractivity contribution is -0.130. The summed E-state index contributed by atoms with van der Waals surface area (Å²) >= 11 is 0. The molecule has 2 fully saturated rings. The van der Waals surface area contributed by atoms with Gasteiger partial charge >= 0.3 is 6.09 Å². The van der Waals surface area contributed by atoms with Crippen molar-refractivity contribution < 1.29 is 19.1 Å². The second-order valence-corrected chi connectivity index (χ2v) is 8.80. The van der Waals surface area contributed by atoms with Crippen LogP contribution in [0.15, 0.2) is 18.3 Å². The van der Waals surface area contributed by atoms with Gasteiger partial charge in [0.25, 0.3) is 5.91 Å². The molecule has 0 atom stereocenters. The summed E-state index contributed by atoms with van der Waals surface area (Å²) in [5.74, 6) is 0.0602. The molecule has 1 aromatic heterocycles. The zero-order chi connectivity index (χ0) is 21.2. The molecule has 0 N–H and O–H groups in total. The molecule has 2 aliphatic rings. The molecule has 0 aromatic carbocycles. The second kappa shape index (κ2) is 8.47. The molecule has 1 aromatic rings. The van der Waals surface area contributed by atoms with Gasteiger partial charge in [-0.3, -0.25) is 9.59 Å². The van der Waals surface area contributed by atoms with Crippen LogP contribution in [0.25, 0.3) is 0 Å². The maximum Gasteiger partial charge on any atom is 0.410 e. The van der Waals surface area contributed by atoms with Crippen LogP contribution in [0, 0.1) is 0 Å². The third-order valence-corrected chi connectivity index (χ3v) is 5.52. The number of piperazine rings is 1. The molecule has 3 rings (SSSR count). The molecule has 0 unspecified atom stereocenters. The van der Waals surface area contributed by atoms with Crippen molar-refractivity contribution >= 4 is 17.9 Å². The minimum atomic E-state index is -0.500. The number of amides is 3. The molecule has 0 spiro atoms. The van der Waals surface area contributed by atoms with Gasteiger partial charge in [0.2, 0.25) is 5.91 Å². The van der Waals surface area contributed by atoms with Crippen LogP contribution in [-0.2, 0) is 9.53 Å². The molecule has 8 heteroatoms. The van der Waals surface area contributed by atoms with Gasteiger partial charge in [-0.15, -0.1) is 0 Å². The van der Waals surface area contributed by atoms with E-state index >= 15 is 0 Å². The number of hydrogen-bond acceptors (Lipinski definition) is 4. The van der Waals surface area contributed by atoms with E-state index in [1.807, 2.05) is 48.6 Å². The first-order valence-corrected chi connectivity index (χ1v) is 10.4. The van der Waals surface area contributed by atoms with Crippen LogP contribution in [0.4, 0.5) is 4.79 Å². The van der Waals surface area contributed by atoms with Crippen LogP contribution < -0.4 is 0 Å². The molecule has 3 heterocycles. The highest BCUT2D eigenvalue weighted by molar-refractivity contribution is 5.93. The highest BCUT2D eigenvalue weighted by Gasteiger charge is 2.30. The smallest absolute Gasteiger partial charge is 0.410 e. The predicted octanol–water partition coefficient (Wildman–Crippen LogP) is 2.36. The number of nitrogens with zero attached hydrogens (tertiary/aromatic N) is 4. The maximum atomic E-state index is 13.0. The van der Waals surface area contributed by atoms with E-state index in [0.717, 1.165) is 12.8 Å². The first kappa shape index (κ1) is 21.2. The van der Waals surface area contributed by atoms with E-state index in [1.54, 1.807) is 16.7 Å². The van der Waals surface area contributed by atoms with Crippen molar-refractivity contribution in [2.24, 2.45) is 0 Å². The van der Waals surface area contributed by atoms with Crippen LogP contribution >= 0.6 is 0 Å². The van der Waals surface area contributed by atoms with Crippen molar-refractivity contribution in [2.75, 3.05) is 39.3 Å². The Morgan fingerprint density at radius 1 is 0.931 bits per heavy atom. The van der Waals surface area contributed by atoms with E-state index < -0.39 is 5.60 Å². The molecule has 0 aliphatic carbocycles. The van der Waals surface area contributed by atoms with Crippen LogP contribution in [0.5, 0.6) is 0 Å². The van der Waals surface area contributed by atoms with Gasteiger partial charge in [-0.2, -0.15) is 0 Å². The van der Waals surface area contributed by atoms with Crippen molar-refractivity contribution in [2.45, 2.75) is 52.2 Å². The first-order valence-electron chi connectivity index (χ1n) is 10.4. The van der Waals surface area contributed by atoms with Gasteiger partial charge in [-0.05, 0) is 45.7 Å². The lowest BCUT2D eigenvalue weighted by Crippen LogP contribution is -2.50. The van der Waals surface area contributed by atoms with Gasteiger partial charge in [0.1, 0.15) is 11.3 Å². The Labute approximate surface area is 172 Å². The van der Waals surface area contributed by atoms with Crippen LogP contribution in [0.3, 0.4) is 0 Å². The van der Waals surface area contributed by atoms with Crippen molar-refractivity contribution in [1.29, 1.82) is 0 Å². The minimum absolute atomic E-state index is 0.00720. The van der Waals surface area contributed by atoms with Gasteiger partial charge < -0.3 is 24.0 Å². The van der Waals surface area contributed by atoms with Crippen molar-refractivity contribution in [3.63, 3.8) is 0 Å². The fourth-order valence-corrected chi connectivity index (χ4v) is 3.93. The number of piperidine rings is 1. The highest BCUT2D eigenvalue weighted by Crippen LogP contribution is 2.26. The normalized spacial score (nSPS) is 18.7. The molecule has 2 aliphatic heterocycles. The Hall–Kier alpha value is -2.51. The number of carbonyl (C=O) groups excluding carboxylic acids is 3. The van der Waals surface area contributed by atoms with Crippen molar-refractivity contribution in [1.82, 2.24) is 19.3 Å². The van der Waals surface area contributed by atoms with Crippen LogP contribution in [-0.4, -0.2) is 82.0 Å². The van der Waals surface area contributed by atoms with E-state index in [-0.39, 0.29) is 23.9 Å². The summed E-state index contributed by atoms with van der Waals surface area (Å²) in [6.07, 6.45) is 3.24. The minimum Gasteiger partial charge on any atom is -0.444 e. The number of hydrogen-bond donors (Lipinski definition) is 0. The third-order valence-electron chi connectivity index (χ3n) is 5.52. The van der Waals surface area contributed by atoms with E-state index in [1.165, 1.54) is 0 Å². The quantitative estimate of drug-likeness (QED) is 0.758. The molecule has 2 saturated heterocycles. The zero-order valence-electron chi connectivity index (χ0n) is 17.9. The largest absolute Gasteiger partial charge is 0.444 e. The topological polar surface area (TPSA) is 75.1 Å². The van der Waals surface area contributed by atoms with Crippen molar-refractivity contribution in [3.8, 4) is 0 Å². The Morgan fingerprint density at radius 2 is 1.52 bits per heavy atom. The summed E-state index contributed by atoms with van der Waals surface area (Å²) in [5.41, 5.74) is 0.178. The van der Waals surface area contributed by atoms with E-state index in [9.17, 15) is 14.4 Å². The summed E-state index contributed by atoms with van der Waals surface area (Å²) in [6.45, 7) is 10.7. The lowest BCUT2D eigenvalue weighted by Gasteiger charge is -2.36. The molecular weight excluding hydrogens is 372 g/mol. The number of aromatic nitrogens is 1. The number of ether oxygens (including phenoxy) is 1. The first-order chi connectivity index (χ1) is 13.7. The monoisotopic (exact) mass is 404 g/mol. The summed E-state index contributed by atoms with van der Waals surface area (Å²) in [4.78, 5) is 42.2. The summed E-state index contributed by atoms with van der Waals surface area (Å²) in [5, 5.41) is 0. The Bertz CT molecular complexity index is 751. The fourth-order valence-electron chi connectivity index (χ4n) is 3.93. The molecule has 160 valence electrons. The number of likely N-dealkylation sites (tertiary alicyclic amines) is 1. The van der Waals surface area contributed by atoms with Gasteiger partial charge in [-0.1, -0.05) is 0 Å². The Balaban J connectivity index is 1.59. The molecule has 0 saturated carbocycles. The Kier molecular flexibility index (Phi) is 6.19. The number of rotatable bonds is 2. The average molecular weight is 405 g/mol. The van der Waals surface area contributed by atoms with E-state index in [0.29, 0.717) is 45.0 Å². The van der Waals surface area contributed by atoms with Gasteiger partial charge in [0.05, 0.1) is 0 Å². The van der Waals surface area contributed by atoms with E-state index in [4.69, 9.17) is 4.74 Å². The molecule has 8 nitrogen and oxygen atoms in total. The van der Waals surface area contributed by atoms with Gasteiger partial charge in [0.15, 0.2) is 0 Å². The summed E-state index contributed by atoms with van der Waals surface area (Å²) in [6, 6.07) is 3.94. The SMILES string of the molecule is CC(=O)N1CCN(C(=O)c2cccn2C2CCN(C(=O)OC(C)(C)C)CC2)CC1. The molecular formula is C21H32N4O4. The number of carbonyl (C=O) groups is 3. The highest BCUT2D eigenvalue weighted by atomic mass is 16.6. The van der Waals surface area contributed by atoms with Gasteiger partial charge in [0, 0.05) is 58.4 Å². The van der Waals surface area contributed by atoms with E-state index in [2.05, 4.69) is 0 Å². The average Bonchev–Trinajstić information content (AvgIpc) is 3.16. The lowest BCUT2D eigenvalue weighted by atomic mass is 10.0. The summed E-state index contributed by atoms with van der Waals surface area (Å²) < 4.78 is 7.51. The third kappa shape index (κ3) is 5.10. The molecule has 3 amide bonds. The summed E-state index contributed by atoms with van der Waals surface area (Å²) in [7, 11) is 0. The van der Waals surface area contributed by atoms with Crippen molar-refractivity contribution in [3.05, 3.63) is 24.0 Å². The van der Waals surface area contributed by atoms with Gasteiger partial charge in [-0.25, -0.2) is 4.79 Å². The fraction of sp³-hybridized carbons (Fsp3) is 0.667. The standard InChI is InChI=1S/C21H32N4O4/c1-16(26)22-12-14-23(15-13-22)19(27)18-6-5-9-25(18)17-7-10-24(11-8-17)20(28)29-21(2,3)4/h5-6,9,17H,7-8,10-15H2,1-4H3. The van der Waals surface area contributed by atoms with Crippen LogP contribution in [0.2, 0.25) is 0 Å². The molecule has 0 radical (unpaired) electrons. The Morgan fingerprint density at radius 3 is 2.07 bits per heavy atom. The molecule has 0 bridgehead atoms. The zero-order valence-corrected chi connectivity index (χ0v) is 17.9. The molecule has 29 heavy (non-hydrogen) atoms. The second-order valence-electron chi connectivity index (χ2n) is 8.80.